The van der Waals surface area contributed by atoms with Gasteiger partial charge in [-0.3, -0.25) is 9.59 Å². The molecule has 1 N–H and O–H groups in total. The summed E-state index contributed by atoms with van der Waals surface area (Å²) in [6.07, 6.45) is -0.0358. The fourth-order valence-electron chi connectivity index (χ4n) is 2.43. The molecule has 0 aliphatic rings. The Morgan fingerprint density at radius 2 is 1.92 bits per heavy atom. The van der Waals surface area contributed by atoms with Crippen LogP contribution in [-0.4, -0.2) is 32.0 Å². The molecular formula is C19H21FN2O3. The van der Waals surface area contributed by atoms with Crippen LogP contribution in [0, 0.1) is 5.82 Å². The highest BCUT2D eigenvalue weighted by Crippen LogP contribution is 2.20. The summed E-state index contributed by atoms with van der Waals surface area (Å²) < 4.78 is 18.7. The van der Waals surface area contributed by atoms with E-state index in [1.807, 2.05) is 0 Å². The van der Waals surface area contributed by atoms with Crippen molar-refractivity contribution < 1.29 is 18.7 Å². The standard InChI is InChI=1S/C19H21FN2O3/c1-14(23)22(16-7-5-8-17(13-16)25-2)11-10-21-19(24)12-15-6-3-4-9-18(15)20/h3-9,13H,10-12H2,1-2H3,(H,21,24). The molecule has 5 nitrogen and oxygen atoms in total. The van der Waals surface area contributed by atoms with E-state index in [-0.39, 0.29) is 24.8 Å². The minimum atomic E-state index is -0.403. The zero-order chi connectivity index (χ0) is 18.2. The van der Waals surface area contributed by atoms with E-state index in [4.69, 9.17) is 4.74 Å². The Bertz CT molecular complexity index is 749. The zero-order valence-corrected chi connectivity index (χ0v) is 14.3. The Balaban J connectivity index is 1.92. The second-order valence-corrected chi connectivity index (χ2v) is 5.49. The van der Waals surface area contributed by atoms with Gasteiger partial charge in [-0.25, -0.2) is 4.39 Å². The zero-order valence-electron chi connectivity index (χ0n) is 14.3. The number of halogens is 1. The van der Waals surface area contributed by atoms with Gasteiger partial charge in [0.1, 0.15) is 11.6 Å². The van der Waals surface area contributed by atoms with Gasteiger partial charge in [0.25, 0.3) is 0 Å². The third-order valence-corrected chi connectivity index (χ3v) is 3.71. The van der Waals surface area contributed by atoms with E-state index in [2.05, 4.69) is 5.32 Å². The molecule has 0 fully saturated rings. The van der Waals surface area contributed by atoms with Gasteiger partial charge < -0.3 is 15.0 Å². The summed E-state index contributed by atoms with van der Waals surface area (Å²) in [5.74, 6) is -0.192. The van der Waals surface area contributed by atoms with Gasteiger partial charge >= 0.3 is 0 Å². The number of hydrogen-bond acceptors (Lipinski definition) is 3. The van der Waals surface area contributed by atoms with Crippen LogP contribution in [0.2, 0.25) is 0 Å². The number of rotatable bonds is 7. The van der Waals surface area contributed by atoms with Gasteiger partial charge in [-0.15, -0.1) is 0 Å². The van der Waals surface area contributed by atoms with Crippen LogP contribution < -0.4 is 15.0 Å². The molecule has 0 heterocycles. The van der Waals surface area contributed by atoms with Crippen molar-refractivity contribution in [3.63, 3.8) is 0 Å². The number of nitrogens with one attached hydrogen (secondary N) is 1. The molecule has 0 saturated heterocycles. The first kappa shape index (κ1) is 18.4. The second kappa shape index (κ2) is 8.82. The average molecular weight is 344 g/mol. The summed E-state index contributed by atoms with van der Waals surface area (Å²) in [5, 5.41) is 2.71. The molecule has 6 heteroatoms. The molecule has 0 saturated carbocycles. The monoisotopic (exact) mass is 344 g/mol. The number of methoxy groups -OCH3 is 1. The predicted molar refractivity (Wildman–Crippen MR) is 94.1 cm³/mol. The Kier molecular flexibility index (Phi) is 6.51. The Morgan fingerprint density at radius 3 is 2.60 bits per heavy atom. The van der Waals surface area contributed by atoms with Crippen LogP contribution in [0.25, 0.3) is 0 Å². The maximum absolute atomic E-state index is 13.6. The molecule has 0 spiro atoms. The number of nitrogens with zero attached hydrogens (tertiary/aromatic N) is 1. The number of carbonyl (C=O) groups excluding carboxylic acids is 2. The summed E-state index contributed by atoms with van der Waals surface area (Å²) in [6.45, 7) is 2.04. The van der Waals surface area contributed by atoms with Crippen molar-refractivity contribution in [1.82, 2.24) is 5.32 Å². The van der Waals surface area contributed by atoms with Crippen molar-refractivity contribution in [2.75, 3.05) is 25.1 Å². The van der Waals surface area contributed by atoms with E-state index in [0.29, 0.717) is 23.5 Å². The Hall–Kier alpha value is -2.89. The molecule has 0 atom stereocenters. The minimum absolute atomic E-state index is 0.0358. The third kappa shape index (κ3) is 5.31. The van der Waals surface area contributed by atoms with Crippen LogP contribution in [0.1, 0.15) is 12.5 Å². The minimum Gasteiger partial charge on any atom is -0.497 e. The number of hydrogen-bond donors (Lipinski definition) is 1. The number of amides is 2. The molecule has 2 amide bonds. The van der Waals surface area contributed by atoms with Crippen molar-refractivity contribution in [3.05, 3.63) is 59.9 Å². The van der Waals surface area contributed by atoms with Crippen molar-refractivity contribution in [1.29, 1.82) is 0 Å². The number of anilines is 1. The fraction of sp³-hybridized carbons (Fsp3) is 0.263. The molecule has 2 rings (SSSR count). The van der Waals surface area contributed by atoms with Crippen molar-refractivity contribution in [2.24, 2.45) is 0 Å². The third-order valence-electron chi connectivity index (χ3n) is 3.71. The first-order valence-electron chi connectivity index (χ1n) is 7.93. The normalized spacial score (nSPS) is 10.2. The van der Waals surface area contributed by atoms with E-state index in [0.717, 1.165) is 0 Å². The van der Waals surface area contributed by atoms with Crippen LogP contribution in [0.15, 0.2) is 48.5 Å². The van der Waals surface area contributed by atoms with Crippen LogP contribution >= 0.6 is 0 Å². The van der Waals surface area contributed by atoms with Gasteiger partial charge in [0.05, 0.1) is 13.5 Å². The molecule has 25 heavy (non-hydrogen) atoms. The van der Waals surface area contributed by atoms with Crippen LogP contribution in [0.4, 0.5) is 10.1 Å². The van der Waals surface area contributed by atoms with Gasteiger partial charge in [-0.05, 0) is 23.8 Å². The van der Waals surface area contributed by atoms with Gasteiger partial charge in [-0.2, -0.15) is 0 Å². The van der Waals surface area contributed by atoms with E-state index >= 15 is 0 Å². The highest BCUT2D eigenvalue weighted by molar-refractivity contribution is 5.91. The molecule has 0 aliphatic heterocycles. The maximum atomic E-state index is 13.6. The molecule has 2 aromatic rings. The maximum Gasteiger partial charge on any atom is 0.224 e. The lowest BCUT2D eigenvalue weighted by Gasteiger charge is -2.22. The molecule has 0 aromatic heterocycles. The Morgan fingerprint density at radius 1 is 1.16 bits per heavy atom. The Labute approximate surface area is 146 Å². The average Bonchev–Trinajstić information content (AvgIpc) is 2.60. The first-order chi connectivity index (χ1) is 12.0. The van der Waals surface area contributed by atoms with Crippen molar-refractivity contribution in [2.45, 2.75) is 13.3 Å². The molecule has 2 aromatic carbocycles. The van der Waals surface area contributed by atoms with E-state index in [9.17, 15) is 14.0 Å². The van der Waals surface area contributed by atoms with Crippen LogP contribution in [0.5, 0.6) is 5.75 Å². The molecule has 0 bridgehead atoms. The van der Waals surface area contributed by atoms with E-state index in [1.54, 1.807) is 54.5 Å². The molecule has 132 valence electrons. The van der Waals surface area contributed by atoms with Crippen molar-refractivity contribution >= 4 is 17.5 Å². The molecule has 0 aliphatic carbocycles. The highest BCUT2D eigenvalue weighted by atomic mass is 19.1. The lowest BCUT2D eigenvalue weighted by molar-refractivity contribution is -0.121. The number of carbonyl (C=O) groups is 2. The van der Waals surface area contributed by atoms with Crippen LogP contribution in [-0.2, 0) is 16.0 Å². The van der Waals surface area contributed by atoms with Gasteiger partial charge in [0.2, 0.25) is 11.8 Å². The van der Waals surface area contributed by atoms with Gasteiger partial charge in [0, 0.05) is 31.8 Å². The lowest BCUT2D eigenvalue weighted by atomic mass is 10.1. The largest absolute Gasteiger partial charge is 0.497 e. The van der Waals surface area contributed by atoms with Gasteiger partial charge in [0.15, 0.2) is 0 Å². The SMILES string of the molecule is COc1cccc(N(CCNC(=O)Cc2ccccc2F)C(C)=O)c1. The lowest BCUT2D eigenvalue weighted by Crippen LogP contribution is -2.38. The molecule has 0 radical (unpaired) electrons. The summed E-state index contributed by atoms with van der Waals surface area (Å²) in [7, 11) is 1.56. The first-order valence-corrected chi connectivity index (χ1v) is 7.93. The molecular weight excluding hydrogens is 323 g/mol. The quantitative estimate of drug-likeness (QED) is 0.840. The summed E-state index contributed by atoms with van der Waals surface area (Å²) in [6, 6.07) is 13.3. The summed E-state index contributed by atoms with van der Waals surface area (Å²) in [5.41, 5.74) is 1.03. The topological polar surface area (TPSA) is 58.6 Å². The van der Waals surface area contributed by atoms with Crippen LogP contribution in [0.3, 0.4) is 0 Å². The van der Waals surface area contributed by atoms with Gasteiger partial charge in [-0.1, -0.05) is 24.3 Å². The predicted octanol–water partition coefficient (Wildman–Crippen LogP) is 2.55. The number of benzene rings is 2. The number of ether oxygens (including phenoxy) is 1. The smallest absolute Gasteiger partial charge is 0.224 e. The molecule has 0 unspecified atom stereocenters. The summed E-state index contributed by atoms with van der Waals surface area (Å²) >= 11 is 0. The van der Waals surface area contributed by atoms with E-state index < -0.39 is 5.82 Å². The second-order valence-electron chi connectivity index (χ2n) is 5.49. The fourth-order valence-corrected chi connectivity index (χ4v) is 2.43. The van der Waals surface area contributed by atoms with Crippen molar-refractivity contribution in [3.8, 4) is 5.75 Å². The highest BCUT2D eigenvalue weighted by Gasteiger charge is 2.13. The van der Waals surface area contributed by atoms with E-state index in [1.165, 1.54) is 13.0 Å². The summed E-state index contributed by atoms with van der Waals surface area (Å²) in [4.78, 5) is 25.4.